The van der Waals surface area contributed by atoms with E-state index in [-0.39, 0.29) is 16.1 Å². The molecule has 0 fully saturated rings. The number of phenolic OH excluding ortho intramolecular Hbond substituents is 1. The van der Waals surface area contributed by atoms with Gasteiger partial charge in [-0.15, -0.1) is 0 Å². The van der Waals surface area contributed by atoms with E-state index in [9.17, 15) is 15.2 Å². The first-order valence-corrected chi connectivity index (χ1v) is 9.40. The molecule has 0 unspecified atom stereocenters. The Hall–Kier alpha value is -3.71. The third kappa shape index (κ3) is 3.40. The van der Waals surface area contributed by atoms with Crippen LogP contribution < -0.4 is 0 Å². The fraction of sp³-hybridized carbons (Fsp3) is 0.0909. The molecule has 0 amide bonds. The Kier molecular flexibility index (Phi) is 4.97. The second-order valence-electron chi connectivity index (χ2n) is 6.72. The summed E-state index contributed by atoms with van der Waals surface area (Å²) >= 11 is 6.21. The molecular weight excluding hydrogens is 406 g/mol. The molecule has 1 heterocycles. The lowest BCUT2D eigenvalue weighted by Gasteiger charge is -2.10. The van der Waals surface area contributed by atoms with Crippen LogP contribution in [0.1, 0.15) is 16.7 Å². The number of nitro groups is 1. The zero-order valence-electron chi connectivity index (χ0n) is 16.1. The number of phenols is 1. The smallest absolute Gasteiger partial charge is 0.315 e. The Labute approximate surface area is 176 Å². The number of nitro benzene ring substituents is 1. The van der Waals surface area contributed by atoms with Crippen LogP contribution in [0.3, 0.4) is 0 Å². The van der Waals surface area contributed by atoms with Crippen molar-refractivity contribution in [3.05, 3.63) is 80.4 Å². The van der Waals surface area contributed by atoms with Gasteiger partial charge in [0.05, 0.1) is 15.6 Å². The SMILES string of the molecule is Cc1c(Cl)c(C)c([N+](=O)[O-])c(O)c1C=Nc1ccc(-c2nc3ccccc3o2)cc1. The number of fused-ring (bicyclic) bond motifs is 1. The van der Waals surface area contributed by atoms with Crippen LogP contribution in [0.4, 0.5) is 11.4 Å². The van der Waals surface area contributed by atoms with E-state index in [0.29, 0.717) is 22.7 Å². The molecule has 1 N–H and O–H groups in total. The van der Waals surface area contributed by atoms with Gasteiger partial charge < -0.3 is 9.52 Å². The van der Waals surface area contributed by atoms with Gasteiger partial charge in [0.25, 0.3) is 0 Å². The zero-order valence-corrected chi connectivity index (χ0v) is 16.8. The molecule has 0 spiro atoms. The number of halogens is 1. The minimum absolute atomic E-state index is 0.209. The van der Waals surface area contributed by atoms with Crippen molar-refractivity contribution in [3.8, 4) is 17.2 Å². The number of aromatic hydroxyl groups is 1. The highest BCUT2D eigenvalue weighted by molar-refractivity contribution is 6.33. The Morgan fingerprint density at radius 1 is 1.13 bits per heavy atom. The van der Waals surface area contributed by atoms with Crippen LogP contribution in [0.15, 0.2) is 57.9 Å². The summed E-state index contributed by atoms with van der Waals surface area (Å²) in [4.78, 5) is 19.4. The van der Waals surface area contributed by atoms with Gasteiger partial charge in [0.15, 0.2) is 5.58 Å². The normalized spacial score (nSPS) is 11.4. The number of hydrogen-bond donors (Lipinski definition) is 1. The fourth-order valence-corrected chi connectivity index (χ4v) is 3.38. The number of aromatic nitrogens is 1. The molecule has 3 aromatic carbocycles. The molecule has 0 saturated carbocycles. The van der Waals surface area contributed by atoms with Crippen molar-refractivity contribution < 1.29 is 14.4 Å². The lowest BCUT2D eigenvalue weighted by molar-refractivity contribution is -0.386. The summed E-state index contributed by atoms with van der Waals surface area (Å²) in [6.07, 6.45) is 1.37. The van der Waals surface area contributed by atoms with Crippen LogP contribution in [-0.4, -0.2) is 21.2 Å². The number of aliphatic imine (C=N–C) groups is 1. The Balaban J connectivity index is 1.66. The minimum Gasteiger partial charge on any atom is -0.502 e. The van der Waals surface area contributed by atoms with E-state index in [1.165, 1.54) is 13.1 Å². The second-order valence-corrected chi connectivity index (χ2v) is 7.10. The Morgan fingerprint density at radius 2 is 1.83 bits per heavy atom. The highest BCUT2D eigenvalue weighted by Crippen LogP contribution is 2.40. The predicted octanol–water partition coefficient (Wildman–Crippen LogP) is 6.13. The first kappa shape index (κ1) is 19.6. The van der Waals surface area contributed by atoms with Crippen molar-refractivity contribution >= 4 is 40.3 Å². The van der Waals surface area contributed by atoms with Gasteiger partial charge in [0, 0.05) is 22.9 Å². The van der Waals surface area contributed by atoms with Crippen LogP contribution in [0.25, 0.3) is 22.6 Å². The first-order valence-electron chi connectivity index (χ1n) is 9.03. The maximum Gasteiger partial charge on any atom is 0.315 e. The summed E-state index contributed by atoms with van der Waals surface area (Å²) in [5, 5.41) is 21.9. The van der Waals surface area contributed by atoms with Crippen molar-refractivity contribution in [1.82, 2.24) is 4.98 Å². The highest BCUT2D eigenvalue weighted by atomic mass is 35.5. The molecule has 0 bridgehead atoms. The Morgan fingerprint density at radius 3 is 2.50 bits per heavy atom. The molecule has 150 valence electrons. The summed E-state index contributed by atoms with van der Waals surface area (Å²) in [5.41, 5.74) is 3.39. The van der Waals surface area contributed by atoms with E-state index in [2.05, 4.69) is 9.98 Å². The van der Waals surface area contributed by atoms with E-state index < -0.39 is 16.4 Å². The van der Waals surface area contributed by atoms with Crippen LogP contribution in [0.5, 0.6) is 5.75 Å². The maximum atomic E-state index is 11.3. The van der Waals surface area contributed by atoms with Crippen LogP contribution in [0, 0.1) is 24.0 Å². The quantitative estimate of drug-likeness (QED) is 0.242. The van der Waals surface area contributed by atoms with E-state index in [0.717, 1.165) is 11.1 Å². The third-order valence-electron chi connectivity index (χ3n) is 4.83. The van der Waals surface area contributed by atoms with Gasteiger partial charge in [-0.2, -0.15) is 0 Å². The average Bonchev–Trinajstić information content (AvgIpc) is 3.16. The lowest BCUT2D eigenvalue weighted by atomic mass is 10.0. The largest absolute Gasteiger partial charge is 0.502 e. The van der Waals surface area contributed by atoms with E-state index in [1.807, 2.05) is 36.4 Å². The number of rotatable bonds is 4. The number of nitrogens with zero attached hydrogens (tertiary/aromatic N) is 3. The third-order valence-corrected chi connectivity index (χ3v) is 5.40. The number of hydrogen-bond acceptors (Lipinski definition) is 6. The molecule has 0 saturated heterocycles. The van der Waals surface area contributed by atoms with Crippen LogP contribution in [0.2, 0.25) is 5.02 Å². The monoisotopic (exact) mass is 421 g/mol. The number of oxazole rings is 1. The zero-order chi connectivity index (χ0) is 21.4. The standard InChI is InChI=1S/C22H16ClN3O4/c1-12-16(21(27)20(26(28)29)13(2)19(12)23)11-24-15-9-7-14(8-10-15)22-25-17-5-3-4-6-18(17)30-22/h3-11,27H,1-2H3. The lowest BCUT2D eigenvalue weighted by Crippen LogP contribution is -1.99. The number of benzene rings is 3. The molecule has 0 aliphatic heterocycles. The molecule has 4 aromatic rings. The molecule has 0 aliphatic rings. The van der Waals surface area contributed by atoms with Crippen molar-refractivity contribution in [2.45, 2.75) is 13.8 Å². The minimum atomic E-state index is -0.650. The molecule has 1 aromatic heterocycles. The summed E-state index contributed by atoms with van der Waals surface area (Å²) in [7, 11) is 0. The van der Waals surface area contributed by atoms with Gasteiger partial charge in [-0.25, -0.2) is 4.98 Å². The van der Waals surface area contributed by atoms with Gasteiger partial charge in [-0.1, -0.05) is 23.7 Å². The van der Waals surface area contributed by atoms with Crippen molar-refractivity contribution in [3.63, 3.8) is 0 Å². The topological polar surface area (TPSA) is 102 Å². The van der Waals surface area contributed by atoms with E-state index in [1.54, 1.807) is 19.1 Å². The summed E-state index contributed by atoms with van der Waals surface area (Å²) < 4.78 is 5.75. The molecule has 0 aliphatic carbocycles. The van der Waals surface area contributed by atoms with E-state index >= 15 is 0 Å². The Bertz CT molecular complexity index is 1280. The predicted molar refractivity (Wildman–Crippen MR) is 116 cm³/mol. The molecule has 4 rings (SSSR count). The van der Waals surface area contributed by atoms with E-state index in [4.69, 9.17) is 16.0 Å². The van der Waals surface area contributed by atoms with Crippen molar-refractivity contribution in [1.29, 1.82) is 0 Å². The van der Waals surface area contributed by atoms with Gasteiger partial charge in [0.1, 0.15) is 5.52 Å². The highest BCUT2D eigenvalue weighted by Gasteiger charge is 2.25. The van der Waals surface area contributed by atoms with Crippen LogP contribution >= 0.6 is 11.6 Å². The molecular formula is C22H16ClN3O4. The first-order chi connectivity index (χ1) is 14.4. The summed E-state index contributed by atoms with van der Waals surface area (Å²) in [6.45, 7) is 3.18. The molecule has 7 nitrogen and oxygen atoms in total. The van der Waals surface area contributed by atoms with Gasteiger partial charge in [-0.3, -0.25) is 15.1 Å². The molecule has 30 heavy (non-hydrogen) atoms. The summed E-state index contributed by atoms with van der Waals surface area (Å²) in [5.74, 6) is 0.0485. The summed E-state index contributed by atoms with van der Waals surface area (Å²) in [6, 6.07) is 14.7. The van der Waals surface area contributed by atoms with Crippen LogP contribution in [-0.2, 0) is 0 Å². The maximum absolute atomic E-state index is 11.3. The average molecular weight is 422 g/mol. The van der Waals surface area contributed by atoms with Gasteiger partial charge in [0.2, 0.25) is 11.6 Å². The second kappa shape index (κ2) is 7.61. The van der Waals surface area contributed by atoms with Gasteiger partial charge in [-0.05, 0) is 55.8 Å². The molecule has 0 atom stereocenters. The molecule has 0 radical (unpaired) electrons. The molecule has 8 heteroatoms. The number of para-hydroxylation sites is 2. The van der Waals surface area contributed by atoms with Crippen molar-refractivity contribution in [2.75, 3.05) is 0 Å². The fourth-order valence-electron chi connectivity index (χ4n) is 3.19. The van der Waals surface area contributed by atoms with Crippen molar-refractivity contribution in [2.24, 2.45) is 4.99 Å². The van der Waals surface area contributed by atoms with Gasteiger partial charge >= 0.3 is 5.69 Å².